The fourth-order valence-electron chi connectivity index (χ4n) is 4.31. The molecule has 5 rings (SSSR count). The van der Waals surface area contributed by atoms with E-state index in [1.807, 2.05) is 12.1 Å². The molecule has 2 aromatic carbocycles. The Hall–Kier alpha value is -3.98. The van der Waals surface area contributed by atoms with Crippen LogP contribution in [0.3, 0.4) is 0 Å². The number of carboxylic acids is 1. The standard InChI is InChI=1S/C25H22N4O4S/c1-14-21(24(31)29(28-14)17-10-9-15-5-2-3-6-16(15)13-17)27-26-20-8-4-7-18(22(20)30)19-11-12-34-23(19)25(32)33/h4,7-13,26,30H,2-3,5-6H2,1H3,(H,32,33)/b27-21-. The van der Waals surface area contributed by atoms with E-state index in [1.165, 1.54) is 22.6 Å². The van der Waals surface area contributed by atoms with Crippen molar-refractivity contribution in [3.63, 3.8) is 0 Å². The van der Waals surface area contributed by atoms with Gasteiger partial charge in [-0.1, -0.05) is 18.2 Å². The Morgan fingerprint density at radius 2 is 1.91 bits per heavy atom. The van der Waals surface area contributed by atoms with E-state index >= 15 is 0 Å². The van der Waals surface area contributed by atoms with E-state index in [0.717, 1.165) is 30.6 Å². The van der Waals surface area contributed by atoms with Gasteiger partial charge in [-0.3, -0.25) is 10.2 Å². The highest BCUT2D eigenvalue weighted by Crippen LogP contribution is 2.39. The number of hydrogen-bond donors (Lipinski definition) is 3. The summed E-state index contributed by atoms with van der Waals surface area (Å²) in [5.74, 6) is -1.57. The van der Waals surface area contributed by atoms with Gasteiger partial charge in [0.05, 0.1) is 17.1 Å². The fraction of sp³-hybridized carbons (Fsp3) is 0.200. The third kappa shape index (κ3) is 3.84. The van der Waals surface area contributed by atoms with Crippen LogP contribution in [0.4, 0.5) is 11.4 Å². The number of benzene rings is 2. The van der Waals surface area contributed by atoms with Crippen molar-refractivity contribution >= 4 is 46.0 Å². The molecule has 0 saturated heterocycles. The molecule has 0 unspecified atom stereocenters. The summed E-state index contributed by atoms with van der Waals surface area (Å²) in [6.07, 6.45) is 4.39. The lowest BCUT2D eigenvalue weighted by Gasteiger charge is -2.19. The molecule has 0 spiro atoms. The zero-order chi connectivity index (χ0) is 23.8. The maximum atomic E-state index is 13.1. The van der Waals surface area contributed by atoms with Crippen molar-refractivity contribution in [2.45, 2.75) is 32.6 Å². The van der Waals surface area contributed by atoms with E-state index in [-0.39, 0.29) is 27.9 Å². The summed E-state index contributed by atoms with van der Waals surface area (Å²) < 4.78 is 0. The van der Waals surface area contributed by atoms with Crippen molar-refractivity contribution in [2.75, 3.05) is 10.4 Å². The first-order chi connectivity index (χ1) is 16.4. The SMILES string of the molecule is CC1=NN(c2ccc3c(c2)CCCC3)C(=O)/C1=N\Nc1cccc(-c2ccsc2C(=O)O)c1O. The van der Waals surface area contributed by atoms with Crippen molar-refractivity contribution in [2.24, 2.45) is 10.2 Å². The molecule has 1 amide bonds. The number of thiophene rings is 1. The number of aromatic carboxylic acids is 1. The number of hydrazone groups is 2. The molecule has 0 radical (unpaired) electrons. The van der Waals surface area contributed by atoms with Gasteiger partial charge in [-0.25, -0.2) is 4.79 Å². The molecule has 3 N–H and O–H groups in total. The molecule has 1 aromatic heterocycles. The van der Waals surface area contributed by atoms with Gasteiger partial charge < -0.3 is 10.2 Å². The normalized spacial score (nSPS) is 16.5. The van der Waals surface area contributed by atoms with Crippen molar-refractivity contribution < 1.29 is 19.8 Å². The summed E-state index contributed by atoms with van der Waals surface area (Å²) >= 11 is 1.08. The Bertz CT molecular complexity index is 1370. The molecule has 2 aliphatic rings. The molecule has 2 heterocycles. The number of aromatic hydroxyl groups is 1. The maximum absolute atomic E-state index is 13.1. The smallest absolute Gasteiger partial charge is 0.346 e. The molecule has 0 bridgehead atoms. The maximum Gasteiger partial charge on any atom is 0.346 e. The summed E-state index contributed by atoms with van der Waals surface area (Å²) in [5.41, 5.74) is 7.67. The minimum atomic E-state index is -1.06. The number of nitrogens with zero attached hydrogens (tertiary/aromatic N) is 3. The summed E-state index contributed by atoms with van der Waals surface area (Å²) in [5, 5.41) is 31.8. The number of carboxylic acid groups (broad SMARTS) is 1. The largest absolute Gasteiger partial charge is 0.505 e. The highest BCUT2D eigenvalue weighted by atomic mass is 32.1. The highest BCUT2D eigenvalue weighted by Gasteiger charge is 2.31. The molecular weight excluding hydrogens is 452 g/mol. The molecule has 9 heteroatoms. The van der Waals surface area contributed by atoms with E-state index in [2.05, 4.69) is 21.7 Å². The van der Waals surface area contributed by atoms with Gasteiger partial charge in [0.15, 0.2) is 5.71 Å². The van der Waals surface area contributed by atoms with Crippen molar-refractivity contribution in [1.29, 1.82) is 0 Å². The van der Waals surface area contributed by atoms with E-state index in [9.17, 15) is 19.8 Å². The first kappa shape index (κ1) is 21.8. The van der Waals surface area contributed by atoms with E-state index in [0.29, 0.717) is 22.5 Å². The van der Waals surface area contributed by atoms with Crippen LogP contribution in [0.15, 0.2) is 58.0 Å². The predicted molar refractivity (Wildman–Crippen MR) is 133 cm³/mol. The van der Waals surface area contributed by atoms with Gasteiger partial charge in [0.2, 0.25) is 0 Å². The number of carbonyl (C=O) groups excluding carboxylic acids is 1. The molecule has 8 nitrogen and oxygen atoms in total. The van der Waals surface area contributed by atoms with Gasteiger partial charge >= 0.3 is 11.9 Å². The summed E-state index contributed by atoms with van der Waals surface area (Å²) in [6.45, 7) is 1.71. The number of amides is 1. The number of hydrogen-bond acceptors (Lipinski definition) is 7. The lowest BCUT2D eigenvalue weighted by atomic mass is 9.91. The monoisotopic (exact) mass is 474 g/mol. The number of carbonyl (C=O) groups is 2. The van der Waals surface area contributed by atoms with Gasteiger partial charge in [0, 0.05) is 11.1 Å². The second kappa shape index (κ2) is 8.75. The fourth-order valence-corrected chi connectivity index (χ4v) is 5.05. The van der Waals surface area contributed by atoms with Crippen molar-refractivity contribution in [3.8, 4) is 16.9 Å². The van der Waals surface area contributed by atoms with Gasteiger partial charge in [-0.2, -0.15) is 15.2 Å². The molecule has 3 aromatic rings. The molecule has 1 aliphatic heterocycles. The molecule has 0 fully saturated rings. The summed E-state index contributed by atoms with van der Waals surface area (Å²) in [4.78, 5) is 24.7. The van der Waals surface area contributed by atoms with Gasteiger partial charge in [0.1, 0.15) is 10.6 Å². The van der Waals surface area contributed by atoms with Crippen molar-refractivity contribution in [3.05, 3.63) is 63.8 Å². The Balaban J connectivity index is 1.40. The number of para-hydroxylation sites is 1. The minimum absolute atomic E-state index is 0.133. The minimum Gasteiger partial charge on any atom is -0.505 e. The Morgan fingerprint density at radius 3 is 2.71 bits per heavy atom. The topological polar surface area (TPSA) is 115 Å². The zero-order valence-electron chi connectivity index (χ0n) is 18.4. The number of phenols is 1. The third-order valence-corrected chi connectivity index (χ3v) is 6.94. The number of fused-ring (bicyclic) bond motifs is 1. The lowest BCUT2D eigenvalue weighted by Crippen LogP contribution is -2.28. The molecule has 0 atom stereocenters. The van der Waals surface area contributed by atoms with Crippen LogP contribution in [0.1, 0.15) is 40.6 Å². The molecular formula is C25H22N4O4S. The Labute approximate surface area is 199 Å². The van der Waals surface area contributed by atoms with Crippen LogP contribution < -0.4 is 10.4 Å². The van der Waals surface area contributed by atoms with Crippen molar-refractivity contribution in [1.82, 2.24) is 0 Å². The van der Waals surface area contributed by atoms with Crippen LogP contribution in [-0.4, -0.2) is 33.5 Å². The number of rotatable bonds is 5. The Morgan fingerprint density at radius 1 is 1.12 bits per heavy atom. The first-order valence-electron chi connectivity index (χ1n) is 10.9. The molecule has 34 heavy (non-hydrogen) atoms. The lowest BCUT2D eigenvalue weighted by molar-refractivity contribution is -0.112. The number of phenolic OH excluding ortho intramolecular Hbond substituents is 1. The number of anilines is 2. The predicted octanol–water partition coefficient (Wildman–Crippen LogP) is 4.89. The van der Waals surface area contributed by atoms with E-state index < -0.39 is 5.97 Å². The molecule has 172 valence electrons. The second-order valence-electron chi connectivity index (χ2n) is 8.20. The first-order valence-corrected chi connectivity index (χ1v) is 11.8. The Kier molecular flexibility index (Phi) is 5.62. The highest BCUT2D eigenvalue weighted by molar-refractivity contribution is 7.12. The van der Waals surface area contributed by atoms with E-state index in [1.54, 1.807) is 36.6 Å². The third-order valence-electron chi connectivity index (χ3n) is 6.04. The van der Waals surface area contributed by atoms with Crippen LogP contribution in [0.25, 0.3) is 11.1 Å². The van der Waals surface area contributed by atoms with Gasteiger partial charge in [-0.05, 0) is 73.4 Å². The number of nitrogens with one attached hydrogen (secondary N) is 1. The molecule has 1 aliphatic carbocycles. The van der Waals surface area contributed by atoms with Crippen LogP contribution in [0, 0.1) is 0 Å². The average molecular weight is 475 g/mol. The quantitative estimate of drug-likeness (QED) is 0.360. The average Bonchev–Trinajstić information content (AvgIpc) is 3.43. The zero-order valence-corrected chi connectivity index (χ0v) is 19.2. The number of aryl methyl sites for hydroxylation is 2. The van der Waals surface area contributed by atoms with Gasteiger partial charge in [0.25, 0.3) is 0 Å². The molecule has 0 saturated carbocycles. The summed E-state index contributed by atoms with van der Waals surface area (Å²) in [6, 6.07) is 12.6. The van der Waals surface area contributed by atoms with Gasteiger partial charge in [-0.15, -0.1) is 11.3 Å². The summed E-state index contributed by atoms with van der Waals surface area (Å²) in [7, 11) is 0. The van der Waals surface area contributed by atoms with Crippen LogP contribution in [-0.2, 0) is 17.6 Å². The van der Waals surface area contributed by atoms with Crippen LogP contribution in [0.5, 0.6) is 5.75 Å². The van der Waals surface area contributed by atoms with E-state index in [4.69, 9.17) is 0 Å². The second-order valence-corrected chi connectivity index (χ2v) is 9.12. The van der Waals surface area contributed by atoms with Crippen LogP contribution >= 0.6 is 11.3 Å². The van der Waals surface area contributed by atoms with Crippen LogP contribution in [0.2, 0.25) is 0 Å².